The number of anilines is 1. The van der Waals surface area contributed by atoms with E-state index in [-0.39, 0.29) is 0 Å². The van der Waals surface area contributed by atoms with Gasteiger partial charge in [-0.25, -0.2) is 0 Å². The summed E-state index contributed by atoms with van der Waals surface area (Å²) >= 11 is 0. The summed E-state index contributed by atoms with van der Waals surface area (Å²) in [7, 11) is 0. The number of aromatic nitrogens is 1. The number of hydrogen-bond donors (Lipinski definition) is 2. The first-order chi connectivity index (χ1) is 7.18. The molecule has 0 amide bonds. The molecule has 0 aliphatic heterocycles. The van der Waals surface area contributed by atoms with Gasteiger partial charge in [-0.15, -0.1) is 0 Å². The summed E-state index contributed by atoms with van der Waals surface area (Å²) in [5, 5.41) is 6.81. The highest BCUT2D eigenvalue weighted by atomic mass is 16.5. The quantitative estimate of drug-likeness (QED) is 0.665. The van der Waals surface area contributed by atoms with Gasteiger partial charge >= 0.3 is 0 Å². The number of nitrogen functional groups attached to an aromatic ring is 1. The van der Waals surface area contributed by atoms with Gasteiger partial charge in [0.25, 0.3) is 0 Å². The number of nitrogens with two attached hydrogens (primary N) is 1. The van der Waals surface area contributed by atoms with E-state index in [0.29, 0.717) is 18.5 Å². The van der Waals surface area contributed by atoms with Crippen molar-refractivity contribution in [2.45, 2.75) is 32.9 Å². The van der Waals surface area contributed by atoms with Crippen LogP contribution in [0.2, 0.25) is 0 Å². The van der Waals surface area contributed by atoms with Crippen LogP contribution in [0.15, 0.2) is 10.6 Å². The molecule has 5 nitrogen and oxygen atoms in total. The maximum Gasteiger partial charge on any atom is 0.167 e. The molecule has 0 saturated carbocycles. The van der Waals surface area contributed by atoms with Crippen LogP contribution in [0, 0.1) is 0 Å². The third-order valence-electron chi connectivity index (χ3n) is 1.83. The van der Waals surface area contributed by atoms with Crippen LogP contribution in [0.5, 0.6) is 0 Å². The topological polar surface area (TPSA) is 73.3 Å². The summed E-state index contributed by atoms with van der Waals surface area (Å²) in [4.78, 5) is 0. The highest BCUT2D eigenvalue weighted by Crippen LogP contribution is 2.03. The van der Waals surface area contributed by atoms with Crippen molar-refractivity contribution in [1.29, 1.82) is 0 Å². The minimum atomic E-state index is 0.305. The van der Waals surface area contributed by atoms with Crippen molar-refractivity contribution >= 4 is 5.82 Å². The summed E-state index contributed by atoms with van der Waals surface area (Å²) < 4.78 is 10.3. The molecule has 0 radical (unpaired) electrons. The zero-order chi connectivity index (χ0) is 11.1. The Morgan fingerprint density at radius 1 is 1.60 bits per heavy atom. The highest BCUT2D eigenvalue weighted by Gasteiger charge is 1.99. The molecule has 0 unspecified atom stereocenters. The van der Waals surface area contributed by atoms with Crippen molar-refractivity contribution in [1.82, 2.24) is 10.5 Å². The average Bonchev–Trinajstić information content (AvgIpc) is 2.57. The predicted octanol–water partition coefficient (Wildman–Crippen LogP) is 1.16. The van der Waals surface area contributed by atoms with Crippen LogP contribution in [0.3, 0.4) is 0 Å². The van der Waals surface area contributed by atoms with Crippen LogP contribution in [0.1, 0.15) is 26.0 Å². The Bertz CT molecular complexity index is 273. The van der Waals surface area contributed by atoms with Crippen LogP contribution in [-0.4, -0.2) is 24.4 Å². The van der Waals surface area contributed by atoms with Gasteiger partial charge in [-0.2, -0.15) is 0 Å². The molecule has 15 heavy (non-hydrogen) atoms. The van der Waals surface area contributed by atoms with Gasteiger partial charge in [-0.05, 0) is 26.8 Å². The van der Waals surface area contributed by atoms with Gasteiger partial charge in [0.05, 0.1) is 12.6 Å². The molecule has 1 aromatic rings. The maximum atomic E-state index is 5.41. The first-order valence-electron chi connectivity index (χ1n) is 5.22. The molecule has 0 spiro atoms. The van der Waals surface area contributed by atoms with Crippen molar-refractivity contribution in [3.8, 4) is 0 Å². The zero-order valence-electron chi connectivity index (χ0n) is 9.32. The SMILES string of the molecule is CC(C)OCCCNCc1cc(N)no1. The molecule has 0 aromatic carbocycles. The molecule has 3 N–H and O–H groups in total. The largest absolute Gasteiger partial charge is 0.381 e. The molecular formula is C10H19N3O2. The smallest absolute Gasteiger partial charge is 0.167 e. The van der Waals surface area contributed by atoms with E-state index in [9.17, 15) is 0 Å². The lowest BCUT2D eigenvalue weighted by Gasteiger charge is -2.07. The Morgan fingerprint density at radius 3 is 3.00 bits per heavy atom. The van der Waals surface area contributed by atoms with Crippen molar-refractivity contribution in [2.24, 2.45) is 0 Å². The second kappa shape index (κ2) is 6.42. The van der Waals surface area contributed by atoms with Crippen LogP contribution in [0.4, 0.5) is 5.82 Å². The van der Waals surface area contributed by atoms with Crippen molar-refractivity contribution in [3.63, 3.8) is 0 Å². The van der Waals surface area contributed by atoms with Crippen molar-refractivity contribution in [2.75, 3.05) is 18.9 Å². The third kappa shape index (κ3) is 5.39. The number of hydrogen-bond acceptors (Lipinski definition) is 5. The highest BCUT2D eigenvalue weighted by molar-refractivity contribution is 5.26. The first kappa shape index (κ1) is 12.0. The lowest BCUT2D eigenvalue weighted by atomic mass is 10.4. The van der Waals surface area contributed by atoms with E-state index in [1.807, 2.05) is 13.8 Å². The summed E-state index contributed by atoms with van der Waals surface area (Å²) in [5.74, 6) is 1.19. The van der Waals surface area contributed by atoms with E-state index >= 15 is 0 Å². The standard InChI is InChI=1S/C10H19N3O2/c1-8(2)14-5-3-4-12-7-9-6-10(11)13-15-9/h6,8,12H,3-5,7H2,1-2H3,(H2,11,13). The van der Waals surface area contributed by atoms with Gasteiger partial charge in [0, 0.05) is 12.7 Å². The summed E-state index contributed by atoms with van der Waals surface area (Å²) in [6, 6.07) is 1.72. The van der Waals surface area contributed by atoms with E-state index < -0.39 is 0 Å². The van der Waals surface area contributed by atoms with E-state index in [1.54, 1.807) is 6.07 Å². The number of nitrogens with one attached hydrogen (secondary N) is 1. The molecular weight excluding hydrogens is 194 g/mol. The van der Waals surface area contributed by atoms with Gasteiger partial charge in [-0.1, -0.05) is 5.16 Å². The average molecular weight is 213 g/mol. The van der Waals surface area contributed by atoms with Crippen molar-refractivity contribution < 1.29 is 9.26 Å². The molecule has 0 aliphatic carbocycles. The van der Waals surface area contributed by atoms with Crippen LogP contribution in [-0.2, 0) is 11.3 Å². The molecule has 86 valence electrons. The van der Waals surface area contributed by atoms with Gasteiger partial charge in [0.1, 0.15) is 0 Å². The Morgan fingerprint density at radius 2 is 2.40 bits per heavy atom. The Balaban J connectivity index is 1.98. The summed E-state index contributed by atoms with van der Waals surface area (Å²) in [6.45, 7) is 6.40. The van der Waals surface area contributed by atoms with Crippen LogP contribution in [0.25, 0.3) is 0 Å². The number of ether oxygens (including phenoxy) is 1. The lowest BCUT2D eigenvalue weighted by Crippen LogP contribution is -2.17. The van der Waals surface area contributed by atoms with E-state index in [4.69, 9.17) is 15.0 Å². The van der Waals surface area contributed by atoms with E-state index in [0.717, 1.165) is 25.3 Å². The molecule has 0 bridgehead atoms. The Hall–Kier alpha value is -1.07. The first-order valence-corrected chi connectivity index (χ1v) is 5.22. The fraction of sp³-hybridized carbons (Fsp3) is 0.700. The Labute approximate surface area is 90.0 Å². The normalized spacial score (nSPS) is 11.1. The molecule has 0 fully saturated rings. The molecule has 5 heteroatoms. The van der Waals surface area contributed by atoms with Gasteiger partial charge in [-0.3, -0.25) is 0 Å². The monoisotopic (exact) mass is 213 g/mol. The molecule has 0 saturated heterocycles. The van der Waals surface area contributed by atoms with Gasteiger partial charge < -0.3 is 20.3 Å². The van der Waals surface area contributed by atoms with Crippen LogP contribution >= 0.6 is 0 Å². The van der Waals surface area contributed by atoms with Gasteiger partial charge in [0.15, 0.2) is 11.6 Å². The third-order valence-corrected chi connectivity index (χ3v) is 1.83. The molecule has 0 aliphatic rings. The second-order valence-corrected chi connectivity index (χ2v) is 3.67. The molecule has 1 aromatic heterocycles. The zero-order valence-corrected chi connectivity index (χ0v) is 9.32. The van der Waals surface area contributed by atoms with Crippen LogP contribution < -0.4 is 11.1 Å². The van der Waals surface area contributed by atoms with E-state index in [1.165, 1.54) is 0 Å². The van der Waals surface area contributed by atoms with E-state index in [2.05, 4.69) is 10.5 Å². The molecule has 1 rings (SSSR count). The lowest BCUT2D eigenvalue weighted by molar-refractivity contribution is 0.0769. The minimum absolute atomic E-state index is 0.305. The van der Waals surface area contributed by atoms with Crippen molar-refractivity contribution in [3.05, 3.63) is 11.8 Å². The summed E-state index contributed by atoms with van der Waals surface area (Å²) in [5.41, 5.74) is 5.41. The number of rotatable bonds is 7. The fourth-order valence-corrected chi connectivity index (χ4v) is 1.14. The minimum Gasteiger partial charge on any atom is -0.381 e. The summed E-state index contributed by atoms with van der Waals surface area (Å²) in [6.07, 6.45) is 1.29. The maximum absolute atomic E-state index is 5.41. The Kier molecular flexibility index (Phi) is 5.14. The second-order valence-electron chi connectivity index (χ2n) is 3.67. The number of nitrogens with zero attached hydrogens (tertiary/aromatic N) is 1. The molecule has 0 atom stereocenters. The molecule has 1 heterocycles. The fourth-order valence-electron chi connectivity index (χ4n) is 1.14. The van der Waals surface area contributed by atoms with Gasteiger partial charge in [0.2, 0.25) is 0 Å². The predicted molar refractivity (Wildman–Crippen MR) is 58.3 cm³/mol.